The molecule has 190 valence electrons. The van der Waals surface area contributed by atoms with Crippen molar-refractivity contribution in [3.05, 3.63) is 42.0 Å². The summed E-state index contributed by atoms with van der Waals surface area (Å²) in [5, 5.41) is 15.3. The zero-order chi connectivity index (χ0) is 25.9. The van der Waals surface area contributed by atoms with Crippen molar-refractivity contribution < 1.29 is 24.2 Å². The Balaban J connectivity index is 3.40. The van der Waals surface area contributed by atoms with Gasteiger partial charge in [0, 0.05) is 13.1 Å². The second-order valence-electron chi connectivity index (χ2n) is 9.54. The molecule has 3 amide bonds. The van der Waals surface area contributed by atoms with Gasteiger partial charge in [-0.15, -0.1) is 0 Å². The summed E-state index contributed by atoms with van der Waals surface area (Å²) in [5.74, 6) is -1.12. The zero-order valence-corrected chi connectivity index (χ0v) is 21.4. The number of nitrogens with zero attached hydrogens (tertiary/aromatic N) is 1. The molecule has 0 saturated heterocycles. The number of rotatable bonds is 12. The van der Waals surface area contributed by atoms with Gasteiger partial charge in [-0.1, -0.05) is 58.0 Å². The molecule has 1 aromatic rings. The molecule has 0 radical (unpaired) electrons. The number of hydrogen-bond donors (Lipinski definition) is 3. The molecule has 0 aromatic heterocycles. The topological polar surface area (TPSA) is 108 Å². The first-order valence-electron chi connectivity index (χ1n) is 11.9. The van der Waals surface area contributed by atoms with Gasteiger partial charge in [0.2, 0.25) is 11.8 Å². The minimum absolute atomic E-state index is 0.0811. The van der Waals surface area contributed by atoms with E-state index < -0.39 is 29.7 Å². The number of ether oxygens (including phenoxy) is 1. The standard InChI is InChI=1S/C26H41N3O5/c1-8-10-14-27-23(31)22(20-13-11-12-19(9-2)17-20)29(15-16-30)24(32)21(18(3)4)28-25(33)34-26(5,6)7/h9,11-13,17-18,21-22,30H,2,8,10,14-16H2,1,3-7H3,(H,27,31)(H,28,33). The largest absolute Gasteiger partial charge is 0.444 e. The first-order valence-corrected chi connectivity index (χ1v) is 11.9. The molecule has 0 spiro atoms. The average Bonchev–Trinajstić information content (AvgIpc) is 2.75. The van der Waals surface area contributed by atoms with Crippen molar-refractivity contribution in [1.82, 2.24) is 15.5 Å². The molecule has 3 N–H and O–H groups in total. The summed E-state index contributed by atoms with van der Waals surface area (Å²) in [4.78, 5) is 40.8. The van der Waals surface area contributed by atoms with Gasteiger partial charge in [0.25, 0.3) is 0 Å². The number of benzene rings is 1. The molecule has 0 bridgehead atoms. The van der Waals surface area contributed by atoms with E-state index in [1.807, 2.05) is 13.0 Å². The van der Waals surface area contributed by atoms with Crippen LogP contribution in [-0.4, -0.2) is 59.3 Å². The number of nitrogens with one attached hydrogen (secondary N) is 2. The third-order valence-corrected chi connectivity index (χ3v) is 5.08. The smallest absolute Gasteiger partial charge is 0.408 e. The summed E-state index contributed by atoms with van der Waals surface area (Å²) in [7, 11) is 0. The Bertz CT molecular complexity index is 832. The maximum Gasteiger partial charge on any atom is 0.408 e. The van der Waals surface area contributed by atoms with Crippen LogP contribution in [-0.2, 0) is 14.3 Å². The van der Waals surface area contributed by atoms with Crippen LogP contribution in [0.4, 0.5) is 4.79 Å². The van der Waals surface area contributed by atoms with Crippen LogP contribution in [0.2, 0.25) is 0 Å². The van der Waals surface area contributed by atoms with Crippen molar-refractivity contribution in [2.75, 3.05) is 19.7 Å². The summed E-state index contributed by atoms with van der Waals surface area (Å²) >= 11 is 0. The number of hydrogen-bond acceptors (Lipinski definition) is 5. The number of aliphatic hydroxyl groups excluding tert-OH is 1. The van der Waals surface area contributed by atoms with E-state index in [1.165, 1.54) is 4.90 Å². The van der Waals surface area contributed by atoms with E-state index in [2.05, 4.69) is 17.2 Å². The molecule has 0 aliphatic carbocycles. The van der Waals surface area contributed by atoms with Gasteiger partial charge in [-0.2, -0.15) is 0 Å². The van der Waals surface area contributed by atoms with Gasteiger partial charge in [0.05, 0.1) is 6.61 Å². The third kappa shape index (κ3) is 9.17. The molecule has 0 aliphatic heterocycles. The highest BCUT2D eigenvalue weighted by Gasteiger charge is 2.37. The van der Waals surface area contributed by atoms with Crippen molar-refractivity contribution in [1.29, 1.82) is 0 Å². The van der Waals surface area contributed by atoms with Gasteiger partial charge in [-0.05, 0) is 50.3 Å². The van der Waals surface area contributed by atoms with Crippen LogP contribution in [0.3, 0.4) is 0 Å². The lowest BCUT2D eigenvalue weighted by Gasteiger charge is -2.35. The summed E-state index contributed by atoms with van der Waals surface area (Å²) in [6.07, 6.45) is 2.65. The van der Waals surface area contributed by atoms with Gasteiger partial charge in [0.1, 0.15) is 17.7 Å². The summed E-state index contributed by atoms with van der Waals surface area (Å²) in [5.41, 5.74) is 0.659. The fourth-order valence-corrected chi connectivity index (χ4v) is 3.41. The molecule has 0 aliphatic rings. The Morgan fingerprint density at radius 2 is 1.91 bits per heavy atom. The van der Waals surface area contributed by atoms with E-state index in [4.69, 9.17) is 4.74 Å². The minimum Gasteiger partial charge on any atom is -0.444 e. The van der Waals surface area contributed by atoms with Crippen molar-refractivity contribution >= 4 is 24.0 Å². The fourth-order valence-electron chi connectivity index (χ4n) is 3.41. The van der Waals surface area contributed by atoms with Crippen LogP contribution in [0.25, 0.3) is 6.08 Å². The molecule has 8 nitrogen and oxygen atoms in total. The van der Waals surface area contributed by atoms with Crippen molar-refractivity contribution in [3.63, 3.8) is 0 Å². The molecule has 0 saturated carbocycles. The van der Waals surface area contributed by atoms with E-state index in [9.17, 15) is 19.5 Å². The number of unbranched alkanes of at least 4 members (excludes halogenated alkanes) is 1. The fraction of sp³-hybridized carbons (Fsp3) is 0.577. The van der Waals surface area contributed by atoms with Crippen LogP contribution in [0.5, 0.6) is 0 Å². The SMILES string of the molecule is C=Cc1cccc(C(C(=O)NCCCC)N(CCO)C(=O)C(NC(=O)OC(C)(C)C)C(C)C)c1. The number of carbonyl (C=O) groups is 3. The number of alkyl carbamates (subject to hydrolysis) is 1. The molecule has 34 heavy (non-hydrogen) atoms. The highest BCUT2D eigenvalue weighted by molar-refractivity contribution is 5.92. The molecule has 1 aromatic carbocycles. The van der Waals surface area contributed by atoms with Crippen molar-refractivity contribution in [2.45, 2.75) is 72.1 Å². The predicted molar refractivity (Wildman–Crippen MR) is 134 cm³/mol. The van der Waals surface area contributed by atoms with Crippen molar-refractivity contribution in [3.8, 4) is 0 Å². The first kappa shape index (κ1) is 29.2. The highest BCUT2D eigenvalue weighted by Crippen LogP contribution is 2.25. The van der Waals surface area contributed by atoms with Crippen LogP contribution in [0.15, 0.2) is 30.8 Å². The summed E-state index contributed by atoms with van der Waals surface area (Å²) < 4.78 is 5.34. The summed E-state index contributed by atoms with van der Waals surface area (Å²) in [6, 6.07) is 5.26. The van der Waals surface area contributed by atoms with Crippen LogP contribution >= 0.6 is 0 Å². The quantitative estimate of drug-likeness (QED) is 0.400. The molecular weight excluding hydrogens is 434 g/mol. The van der Waals surface area contributed by atoms with E-state index in [-0.39, 0.29) is 25.0 Å². The molecule has 0 heterocycles. The second kappa shape index (κ2) is 13.7. The first-order chi connectivity index (χ1) is 15.9. The van der Waals surface area contributed by atoms with E-state index >= 15 is 0 Å². The zero-order valence-electron chi connectivity index (χ0n) is 21.4. The molecule has 0 fully saturated rings. The van der Waals surface area contributed by atoms with Crippen LogP contribution < -0.4 is 10.6 Å². The number of carbonyl (C=O) groups excluding carboxylic acids is 3. The average molecular weight is 476 g/mol. The predicted octanol–water partition coefficient (Wildman–Crippen LogP) is 3.66. The van der Waals surface area contributed by atoms with Crippen LogP contribution in [0.1, 0.15) is 71.6 Å². The van der Waals surface area contributed by atoms with E-state index in [1.54, 1.807) is 58.9 Å². The molecule has 2 atom stereocenters. The third-order valence-electron chi connectivity index (χ3n) is 5.08. The molecule has 8 heteroatoms. The molecule has 2 unspecified atom stereocenters. The van der Waals surface area contributed by atoms with Gasteiger partial charge in [-0.25, -0.2) is 4.79 Å². The van der Waals surface area contributed by atoms with E-state index in [0.717, 1.165) is 18.4 Å². The number of amides is 3. The number of aliphatic hydroxyl groups is 1. The lowest BCUT2D eigenvalue weighted by Crippen LogP contribution is -2.55. The van der Waals surface area contributed by atoms with Gasteiger partial charge >= 0.3 is 6.09 Å². The Labute approximate surface area is 203 Å². The van der Waals surface area contributed by atoms with Crippen LogP contribution in [0, 0.1) is 5.92 Å². The monoisotopic (exact) mass is 475 g/mol. The minimum atomic E-state index is -0.988. The maximum absolute atomic E-state index is 13.7. The highest BCUT2D eigenvalue weighted by atomic mass is 16.6. The molecular formula is C26H41N3O5. The van der Waals surface area contributed by atoms with Gasteiger partial charge in [-0.3, -0.25) is 9.59 Å². The Hall–Kier alpha value is -2.87. The Morgan fingerprint density at radius 3 is 2.44 bits per heavy atom. The lowest BCUT2D eigenvalue weighted by atomic mass is 9.97. The molecule has 1 rings (SSSR count). The van der Waals surface area contributed by atoms with E-state index in [0.29, 0.717) is 12.1 Å². The van der Waals surface area contributed by atoms with Crippen molar-refractivity contribution in [2.24, 2.45) is 5.92 Å². The van der Waals surface area contributed by atoms with Gasteiger partial charge < -0.3 is 25.4 Å². The summed E-state index contributed by atoms with van der Waals surface area (Å²) in [6.45, 7) is 14.7. The maximum atomic E-state index is 13.7. The Kier molecular flexibility index (Phi) is 11.8. The normalized spacial score (nSPS) is 13.1. The Morgan fingerprint density at radius 1 is 1.24 bits per heavy atom. The lowest BCUT2D eigenvalue weighted by molar-refractivity contribution is -0.143. The van der Waals surface area contributed by atoms with Gasteiger partial charge in [0.15, 0.2) is 0 Å². The second-order valence-corrected chi connectivity index (χ2v) is 9.54.